The normalized spacial score (nSPS) is 15.4. The molecule has 1 aliphatic heterocycles. The second-order valence-electron chi connectivity index (χ2n) is 7.05. The van der Waals surface area contributed by atoms with Crippen molar-refractivity contribution < 1.29 is 9.32 Å². The van der Waals surface area contributed by atoms with Gasteiger partial charge in [-0.05, 0) is 53.2 Å². The summed E-state index contributed by atoms with van der Waals surface area (Å²) in [5.41, 5.74) is 3.65. The van der Waals surface area contributed by atoms with Crippen molar-refractivity contribution >= 4 is 62.8 Å². The minimum atomic E-state index is -0.0813. The Morgan fingerprint density at radius 3 is 2.61 bits per heavy atom. The molecule has 1 saturated heterocycles. The standard InChI is InChI=1S/C24H15ClN2O2S2/c25-18-9-6-15(7-10-18)14-27-23(30)21(31-24(27)28)13-16-8-11-20-19(12-16)22(29-26-20)17-4-2-1-3-5-17/h1-13H,14H2. The van der Waals surface area contributed by atoms with Crippen molar-refractivity contribution in [2.24, 2.45) is 0 Å². The van der Waals surface area contributed by atoms with Gasteiger partial charge in [0, 0.05) is 10.6 Å². The third-order valence-electron chi connectivity index (χ3n) is 4.96. The van der Waals surface area contributed by atoms with Crippen LogP contribution in [0.15, 0.2) is 82.2 Å². The highest BCUT2D eigenvalue weighted by Gasteiger charge is 2.31. The molecule has 4 nitrogen and oxygen atoms in total. The minimum Gasteiger partial charge on any atom is -0.355 e. The number of hydrogen-bond acceptors (Lipinski definition) is 5. The summed E-state index contributed by atoms with van der Waals surface area (Å²) >= 11 is 12.7. The highest BCUT2D eigenvalue weighted by atomic mass is 35.5. The van der Waals surface area contributed by atoms with Crippen LogP contribution in [-0.2, 0) is 6.54 Å². The highest BCUT2D eigenvalue weighted by molar-refractivity contribution is 8.19. The summed E-state index contributed by atoms with van der Waals surface area (Å²) in [5.74, 6) is 0.720. The maximum atomic E-state index is 12.6. The monoisotopic (exact) mass is 462 g/mol. The number of thiocarbonyl (C=S) groups is 1. The summed E-state index contributed by atoms with van der Waals surface area (Å²) in [6, 6.07) is 23.1. The van der Waals surface area contributed by atoms with Gasteiger partial charge in [0.2, 0.25) is 0 Å². The van der Waals surface area contributed by atoms with Crippen molar-refractivity contribution in [1.29, 1.82) is 0 Å². The van der Waals surface area contributed by atoms with Crippen LogP contribution in [0.25, 0.3) is 28.3 Å². The Kier molecular flexibility index (Phi) is 5.36. The molecule has 152 valence electrons. The summed E-state index contributed by atoms with van der Waals surface area (Å²) in [5, 5.41) is 5.66. The van der Waals surface area contributed by atoms with E-state index in [1.165, 1.54) is 0 Å². The fraction of sp³-hybridized carbons (Fsp3) is 0.0417. The molecule has 4 aromatic rings. The first-order chi connectivity index (χ1) is 15.1. The van der Waals surface area contributed by atoms with E-state index in [1.54, 1.807) is 4.90 Å². The van der Waals surface area contributed by atoms with Gasteiger partial charge in [0.25, 0.3) is 5.24 Å². The molecule has 0 aliphatic carbocycles. The van der Waals surface area contributed by atoms with E-state index in [-0.39, 0.29) is 5.24 Å². The second kappa shape index (κ2) is 8.30. The van der Waals surface area contributed by atoms with Gasteiger partial charge in [-0.3, -0.25) is 9.69 Å². The molecule has 1 aromatic heterocycles. The van der Waals surface area contributed by atoms with E-state index in [9.17, 15) is 4.79 Å². The van der Waals surface area contributed by atoms with E-state index in [2.05, 4.69) is 5.16 Å². The lowest BCUT2D eigenvalue weighted by atomic mass is 10.1. The third-order valence-corrected chi connectivity index (χ3v) is 6.71. The number of thioether (sulfide) groups is 1. The molecule has 5 rings (SSSR count). The van der Waals surface area contributed by atoms with E-state index in [1.807, 2.05) is 78.9 Å². The van der Waals surface area contributed by atoms with Gasteiger partial charge < -0.3 is 4.52 Å². The number of rotatable bonds is 4. The average molecular weight is 463 g/mol. The fourth-order valence-corrected chi connectivity index (χ4v) is 4.77. The third kappa shape index (κ3) is 4.02. The van der Waals surface area contributed by atoms with Crippen LogP contribution in [0, 0.1) is 0 Å². The van der Waals surface area contributed by atoms with Crippen LogP contribution >= 0.6 is 35.6 Å². The van der Waals surface area contributed by atoms with E-state index >= 15 is 0 Å². The smallest absolute Gasteiger partial charge is 0.291 e. The molecule has 1 fully saturated rings. The topological polar surface area (TPSA) is 46.3 Å². The molecule has 7 heteroatoms. The van der Waals surface area contributed by atoms with Crippen molar-refractivity contribution in [2.45, 2.75) is 6.54 Å². The van der Waals surface area contributed by atoms with Gasteiger partial charge in [0.05, 0.1) is 16.8 Å². The van der Waals surface area contributed by atoms with Crippen molar-refractivity contribution in [1.82, 2.24) is 10.1 Å². The van der Waals surface area contributed by atoms with Crippen LogP contribution in [-0.4, -0.2) is 20.3 Å². The van der Waals surface area contributed by atoms with Crippen molar-refractivity contribution in [3.63, 3.8) is 0 Å². The number of nitrogens with zero attached hydrogens (tertiary/aromatic N) is 2. The van der Waals surface area contributed by atoms with Crippen LogP contribution < -0.4 is 0 Å². The average Bonchev–Trinajstić information content (AvgIpc) is 3.32. The Balaban J connectivity index is 1.44. The number of benzene rings is 3. The number of hydrogen-bond donors (Lipinski definition) is 0. The molecule has 0 spiro atoms. The molecule has 0 N–H and O–H groups in total. The minimum absolute atomic E-state index is 0.0813. The highest BCUT2D eigenvalue weighted by Crippen LogP contribution is 2.36. The summed E-state index contributed by atoms with van der Waals surface area (Å²) in [4.78, 5) is 15.5. The van der Waals surface area contributed by atoms with E-state index in [0.717, 1.165) is 50.0 Å². The molecule has 31 heavy (non-hydrogen) atoms. The fourth-order valence-electron chi connectivity index (χ4n) is 3.41. The molecule has 0 unspecified atom stereocenters. The van der Waals surface area contributed by atoms with Crippen molar-refractivity contribution in [3.8, 4) is 11.3 Å². The largest absolute Gasteiger partial charge is 0.355 e. The summed E-state index contributed by atoms with van der Waals surface area (Å²) < 4.78 is 5.58. The molecule has 0 radical (unpaired) electrons. The van der Waals surface area contributed by atoms with E-state index < -0.39 is 0 Å². The molecule has 0 saturated carbocycles. The molecule has 2 heterocycles. The number of halogens is 1. The number of carbonyl (C=O) groups excluding carboxylic acids is 1. The maximum absolute atomic E-state index is 12.6. The molecule has 1 amide bonds. The molecule has 0 bridgehead atoms. The first-order valence-electron chi connectivity index (χ1n) is 9.53. The van der Waals surface area contributed by atoms with Crippen molar-refractivity contribution in [2.75, 3.05) is 0 Å². The van der Waals surface area contributed by atoms with Crippen LogP contribution in [0.4, 0.5) is 4.79 Å². The van der Waals surface area contributed by atoms with Gasteiger partial charge in [-0.1, -0.05) is 77.5 Å². The first-order valence-corrected chi connectivity index (χ1v) is 11.1. The lowest BCUT2D eigenvalue weighted by Crippen LogP contribution is -2.26. The maximum Gasteiger partial charge on any atom is 0.291 e. The Morgan fingerprint density at radius 1 is 1.06 bits per heavy atom. The molecule has 1 aliphatic rings. The van der Waals surface area contributed by atoms with Gasteiger partial charge in [0.15, 0.2) is 5.76 Å². The summed E-state index contributed by atoms with van der Waals surface area (Å²) in [6.07, 6.45) is 1.94. The van der Waals surface area contributed by atoms with Crippen molar-refractivity contribution in [3.05, 3.63) is 93.9 Å². The zero-order valence-corrected chi connectivity index (χ0v) is 18.5. The Bertz CT molecular complexity index is 1330. The zero-order chi connectivity index (χ0) is 21.4. The number of amides is 1. The molecule has 3 aromatic carbocycles. The van der Waals surface area contributed by atoms with Crippen LogP contribution in [0.3, 0.4) is 0 Å². The van der Waals surface area contributed by atoms with Gasteiger partial charge in [-0.15, -0.1) is 0 Å². The van der Waals surface area contributed by atoms with Gasteiger partial charge >= 0.3 is 0 Å². The quantitative estimate of drug-likeness (QED) is 0.237. The SMILES string of the molecule is O=C1SC(=Cc2ccc3noc(-c4ccccc4)c3c2)C(=S)N1Cc1ccc(Cl)cc1. The Morgan fingerprint density at radius 2 is 1.84 bits per heavy atom. The molecule has 0 atom stereocenters. The lowest BCUT2D eigenvalue weighted by Gasteiger charge is -2.14. The van der Waals surface area contributed by atoms with Crippen LogP contribution in [0.2, 0.25) is 5.02 Å². The Labute approximate surface area is 193 Å². The lowest BCUT2D eigenvalue weighted by molar-refractivity contribution is 0.244. The summed E-state index contributed by atoms with van der Waals surface area (Å²) in [7, 11) is 0. The van der Waals surface area contributed by atoms with Crippen LogP contribution in [0.1, 0.15) is 11.1 Å². The van der Waals surface area contributed by atoms with E-state index in [0.29, 0.717) is 16.6 Å². The van der Waals surface area contributed by atoms with Gasteiger partial charge in [0.1, 0.15) is 10.5 Å². The molecular formula is C24H15ClN2O2S2. The Hall–Kier alpha value is -2.93. The number of carbonyl (C=O) groups is 1. The molecular weight excluding hydrogens is 448 g/mol. The summed E-state index contributed by atoms with van der Waals surface area (Å²) in [6.45, 7) is 0.419. The van der Waals surface area contributed by atoms with Crippen LogP contribution in [0.5, 0.6) is 0 Å². The second-order valence-corrected chi connectivity index (χ2v) is 8.86. The predicted octanol–water partition coefficient (Wildman–Crippen LogP) is 7.19. The van der Waals surface area contributed by atoms with Gasteiger partial charge in [-0.25, -0.2) is 0 Å². The van der Waals surface area contributed by atoms with Gasteiger partial charge in [-0.2, -0.15) is 0 Å². The number of fused-ring (bicyclic) bond motifs is 1. The van der Waals surface area contributed by atoms with E-state index in [4.69, 9.17) is 28.3 Å². The zero-order valence-electron chi connectivity index (χ0n) is 16.1. The predicted molar refractivity (Wildman–Crippen MR) is 130 cm³/mol. The first kappa shape index (κ1) is 20.0. The number of aromatic nitrogens is 1.